The zero-order valence-electron chi connectivity index (χ0n) is 15.2. The number of rotatable bonds is 5. The van der Waals surface area contributed by atoms with Gasteiger partial charge in [-0.1, -0.05) is 0 Å². The highest BCUT2D eigenvalue weighted by molar-refractivity contribution is 5.73. The van der Waals surface area contributed by atoms with E-state index in [4.69, 9.17) is 9.47 Å². The molecule has 0 aliphatic carbocycles. The van der Waals surface area contributed by atoms with Gasteiger partial charge >= 0.3 is 12.1 Å². The molecule has 0 bridgehead atoms. The molecule has 7 nitrogen and oxygen atoms in total. The first-order valence-corrected chi connectivity index (χ1v) is 8.90. The van der Waals surface area contributed by atoms with Crippen molar-refractivity contribution in [2.75, 3.05) is 39.3 Å². The molecule has 2 heterocycles. The van der Waals surface area contributed by atoms with Crippen LogP contribution in [0.4, 0.5) is 4.79 Å². The van der Waals surface area contributed by atoms with E-state index in [0.29, 0.717) is 13.1 Å². The lowest BCUT2D eigenvalue weighted by atomic mass is 9.90. The molecule has 7 heteroatoms. The fraction of sp³-hybridized carbons (Fsp3) is 0.882. The van der Waals surface area contributed by atoms with Crippen LogP contribution in [0.25, 0.3) is 0 Å². The molecule has 0 unspecified atom stereocenters. The van der Waals surface area contributed by atoms with E-state index in [9.17, 15) is 9.59 Å². The van der Waals surface area contributed by atoms with Gasteiger partial charge in [0, 0.05) is 25.9 Å². The van der Waals surface area contributed by atoms with Crippen LogP contribution in [0.1, 0.15) is 46.5 Å². The molecular formula is C17H31N3O4. The minimum absolute atomic E-state index is 0.116. The first kappa shape index (κ1) is 19.0. The standard InChI is InChI=1S/C17H31N3O4/c1-16(2,3)24-15(22)19-8-4-5-11-20-12-14(21)23-17(13-20)6-9-18-10-7-17/h18H,4-13H2,1-3H3,(H,19,22). The second-order valence-electron chi connectivity index (χ2n) is 7.75. The van der Waals surface area contributed by atoms with Crippen molar-refractivity contribution in [1.82, 2.24) is 15.5 Å². The zero-order valence-corrected chi connectivity index (χ0v) is 15.2. The predicted octanol–water partition coefficient (Wildman–Crippen LogP) is 1.27. The molecule has 2 N–H and O–H groups in total. The van der Waals surface area contributed by atoms with Crippen LogP contribution in [-0.2, 0) is 14.3 Å². The van der Waals surface area contributed by atoms with Crippen LogP contribution in [0.15, 0.2) is 0 Å². The Morgan fingerprint density at radius 3 is 2.71 bits per heavy atom. The highest BCUT2D eigenvalue weighted by atomic mass is 16.6. The van der Waals surface area contributed by atoms with Crippen molar-refractivity contribution in [3.8, 4) is 0 Å². The van der Waals surface area contributed by atoms with Gasteiger partial charge in [-0.15, -0.1) is 0 Å². The van der Waals surface area contributed by atoms with Crippen LogP contribution < -0.4 is 10.6 Å². The van der Waals surface area contributed by atoms with Crippen molar-refractivity contribution in [2.45, 2.75) is 57.7 Å². The molecule has 2 saturated heterocycles. The summed E-state index contributed by atoms with van der Waals surface area (Å²) in [6.45, 7) is 9.97. The molecule has 138 valence electrons. The van der Waals surface area contributed by atoms with Gasteiger partial charge < -0.3 is 20.1 Å². The Kier molecular flexibility index (Phi) is 6.46. The lowest BCUT2D eigenvalue weighted by molar-refractivity contribution is -0.177. The largest absolute Gasteiger partial charge is 0.457 e. The van der Waals surface area contributed by atoms with Gasteiger partial charge in [-0.2, -0.15) is 0 Å². The Morgan fingerprint density at radius 2 is 2.04 bits per heavy atom. The van der Waals surface area contributed by atoms with Gasteiger partial charge in [0.2, 0.25) is 0 Å². The van der Waals surface area contributed by atoms with E-state index in [0.717, 1.165) is 51.9 Å². The van der Waals surface area contributed by atoms with Crippen molar-refractivity contribution >= 4 is 12.1 Å². The van der Waals surface area contributed by atoms with Crippen molar-refractivity contribution in [3.63, 3.8) is 0 Å². The van der Waals surface area contributed by atoms with Crippen LogP contribution in [0, 0.1) is 0 Å². The third-order valence-electron chi connectivity index (χ3n) is 4.28. The average molecular weight is 341 g/mol. The van der Waals surface area contributed by atoms with Crippen LogP contribution in [0.2, 0.25) is 0 Å². The molecule has 1 amide bonds. The van der Waals surface area contributed by atoms with Gasteiger partial charge in [0.15, 0.2) is 0 Å². The summed E-state index contributed by atoms with van der Waals surface area (Å²) < 4.78 is 10.9. The van der Waals surface area contributed by atoms with Gasteiger partial charge in [0.1, 0.15) is 11.2 Å². The maximum Gasteiger partial charge on any atom is 0.407 e. The molecule has 0 radical (unpaired) electrons. The molecule has 0 aromatic carbocycles. The van der Waals surface area contributed by atoms with E-state index < -0.39 is 5.60 Å². The fourth-order valence-electron chi connectivity index (χ4n) is 3.22. The summed E-state index contributed by atoms with van der Waals surface area (Å²) in [6.07, 6.45) is 3.18. The van der Waals surface area contributed by atoms with Crippen LogP contribution in [-0.4, -0.2) is 67.4 Å². The Bertz CT molecular complexity index is 442. The molecule has 0 aromatic heterocycles. The van der Waals surface area contributed by atoms with Crippen LogP contribution in [0.3, 0.4) is 0 Å². The topological polar surface area (TPSA) is 79.9 Å². The maximum atomic E-state index is 11.9. The summed E-state index contributed by atoms with van der Waals surface area (Å²) in [5, 5.41) is 6.07. The molecule has 2 aliphatic rings. The number of hydrogen-bond acceptors (Lipinski definition) is 6. The minimum Gasteiger partial charge on any atom is -0.457 e. The van der Waals surface area contributed by atoms with E-state index in [1.807, 2.05) is 20.8 Å². The molecule has 1 spiro atoms. The minimum atomic E-state index is -0.471. The monoisotopic (exact) mass is 341 g/mol. The molecule has 0 atom stereocenters. The first-order valence-electron chi connectivity index (χ1n) is 8.90. The second kappa shape index (κ2) is 8.16. The highest BCUT2D eigenvalue weighted by Crippen LogP contribution is 2.28. The summed E-state index contributed by atoms with van der Waals surface area (Å²) in [7, 11) is 0. The van der Waals surface area contributed by atoms with E-state index in [-0.39, 0.29) is 17.7 Å². The van der Waals surface area contributed by atoms with Crippen LogP contribution >= 0.6 is 0 Å². The Labute approximate surface area is 144 Å². The number of alkyl carbamates (subject to hydrolysis) is 1. The van der Waals surface area contributed by atoms with Crippen molar-refractivity contribution < 1.29 is 19.1 Å². The van der Waals surface area contributed by atoms with E-state index in [2.05, 4.69) is 15.5 Å². The molecule has 2 aliphatic heterocycles. The number of esters is 1. The number of ether oxygens (including phenoxy) is 2. The van der Waals surface area contributed by atoms with Gasteiger partial charge in [0.25, 0.3) is 0 Å². The number of amides is 1. The van der Waals surface area contributed by atoms with Gasteiger partial charge in [-0.3, -0.25) is 9.69 Å². The van der Waals surface area contributed by atoms with Gasteiger partial charge in [-0.05, 0) is 53.2 Å². The number of nitrogens with one attached hydrogen (secondary N) is 2. The third kappa shape index (κ3) is 6.28. The number of carbonyl (C=O) groups excluding carboxylic acids is 2. The molecule has 2 rings (SSSR count). The zero-order chi connectivity index (χ0) is 17.6. The quantitative estimate of drug-likeness (QED) is 0.579. The first-order chi connectivity index (χ1) is 11.3. The van der Waals surface area contributed by atoms with Crippen molar-refractivity contribution in [1.29, 1.82) is 0 Å². The lowest BCUT2D eigenvalue weighted by Crippen LogP contribution is -2.58. The molecule has 0 aromatic rings. The SMILES string of the molecule is CC(C)(C)OC(=O)NCCCCN1CC(=O)OC2(CCNCC2)C1. The number of unbranched alkanes of at least 4 members (excludes halogenated alkanes) is 1. The number of hydrogen-bond donors (Lipinski definition) is 2. The Morgan fingerprint density at radius 1 is 1.33 bits per heavy atom. The van der Waals surface area contributed by atoms with Gasteiger partial charge in [0.05, 0.1) is 6.54 Å². The normalized spacial score (nSPS) is 21.4. The lowest BCUT2D eigenvalue weighted by Gasteiger charge is -2.44. The summed E-state index contributed by atoms with van der Waals surface area (Å²) >= 11 is 0. The van der Waals surface area contributed by atoms with Crippen LogP contribution in [0.5, 0.6) is 0 Å². The fourth-order valence-corrected chi connectivity index (χ4v) is 3.22. The summed E-state index contributed by atoms with van der Waals surface area (Å²) in [6, 6.07) is 0. The number of carbonyl (C=O) groups is 2. The highest BCUT2D eigenvalue weighted by Gasteiger charge is 2.41. The number of piperidine rings is 1. The second-order valence-corrected chi connectivity index (χ2v) is 7.75. The maximum absolute atomic E-state index is 11.9. The number of morpholine rings is 1. The average Bonchev–Trinajstić information content (AvgIpc) is 2.45. The van der Waals surface area contributed by atoms with Crippen molar-refractivity contribution in [2.24, 2.45) is 0 Å². The van der Waals surface area contributed by atoms with E-state index in [1.165, 1.54) is 0 Å². The molecule has 2 fully saturated rings. The predicted molar refractivity (Wildman–Crippen MR) is 90.8 cm³/mol. The summed E-state index contributed by atoms with van der Waals surface area (Å²) in [5.41, 5.74) is -0.767. The van der Waals surface area contributed by atoms with Gasteiger partial charge in [-0.25, -0.2) is 4.79 Å². The molecular weight excluding hydrogens is 310 g/mol. The summed E-state index contributed by atoms with van der Waals surface area (Å²) in [4.78, 5) is 25.6. The van der Waals surface area contributed by atoms with Crippen molar-refractivity contribution in [3.05, 3.63) is 0 Å². The smallest absolute Gasteiger partial charge is 0.407 e. The summed E-state index contributed by atoms with van der Waals surface area (Å²) in [5.74, 6) is -0.116. The van der Waals surface area contributed by atoms with E-state index in [1.54, 1.807) is 0 Å². The van der Waals surface area contributed by atoms with E-state index >= 15 is 0 Å². The molecule has 24 heavy (non-hydrogen) atoms. The Hall–Kier alpha value is -1.34. The third-order valence-corrected chi connectivity index (χ3v) is 4.28. The number of nitrogens with zero attached hydrogens (tertiary/aromatic N) is 1. The Balaban J connectivity index is 1.65. The molecule has 0 saturated carbocycles.